The zero-order valence-corrected chi connectivity index (χ0v) is 9.94. The zero-order valence-electron chi connectivity index (χ0n) is 8.35. The summed E-state index contributed by atoms with van der Waals surface area (Å²) in [5.41, 5.74) is 0.0983. The van der Waals surface area contributed by atoms with Crippen molar-refractivity contribution in [2.45, 2.75) is 12.5 Å². The first-order valence-electron chi connectivity index (χ1n) is 4.80. The van der Waals surface area contributed by atoms with Gasteiger partial charge >= 0.3 is 5.97 Å². The number of halogens is 1. The van der Waals surface area contributed by atoms with Crippen molar-refractivity contribution in [3.8, 4) is 5.75 Å². The molecular formula is C10H10BrNO4. The molecule has 0 radical (unpaired) electrons. The SMILES string of the molecule is O=C(O)c1cc(Br)ncc1OCC1CCO1. The van der Waals surface area contributed by atoms with Crippen LogP contribution in [0, 0.1) is 0 Å². The fourth-order valence-corrected chi connectivity index (χ4v) is 1.63. The summed E-state index contributed by atoms with van der Waals surface area (Å²) >= 11 is 3.11. The maximum Gasteiger partial charge on any atom is 0.339 e. The number of carboxylic acids is 1. The number of rotatable bonds is 4. The van der Waals surface area contributed by atoms with E-state index in [0.29, 0.717) is 11.2 Å². The van der Waals surface area contributed by atoms with Gasteiger partial charge in [0.25, 0.3) is 0 Å². The summed E-state index contributed by atoms with van der Waals surface area (Å²) in [7, 11) is 0. The minimum atomic E-state index is -1.03. The molecule has 2 heterocycles. The fraction of sp³-hybridized carbons (Fsp3) is 0.400. The van der Waals surface area contributed by atoms with Gasteiger partial charge in [-0.05, 0) is 22.0 Å². The second kappa shape index (κ2) is 4.80. The molecule has 0 aromatic carbocycles. The standard InChI is InChI=1S/C10H10BrNO4/c11-9-3-7(10(13)14)8(4-12-9)16-5-6-1-2-15-6/h3-4,6H,1-2,5H2,(H,13,14). The van der Waals surface area contributed by atoms with E-state index in [1.807, 2.05) is 0 Å². The van der Waals surface area contributed by atoms with Crippen molar-refractivity contribution in [3.05, 3.63) is 22.4 Å². The van der Waals surface area contributed by atoms with Crippen LogP contribution < -0.4 is 4.74 Å². The first-order valence-corrected chi connectivity index (χ1v) is 5.59. The molecule has 5 nitrogen and oxygen atoms in total. The third kappa shape index (κ3) is 2.51. The summed E-state index contributed by atoms with van der Waals surface area (Å²) < 4.78 is 11.0. The zero-order chi connectivity index (χ0) is 11.5. The average molecular weight is 288 g/mol. The molecule has 0 saturated carbocycles. The molecule has 1 fully saturated rings. The lowest BCUT2D eigenvalue weighted by molar-refractivity contribution is -0.0722. The number of carboxylic acid groups (broad SMARTS) is 1. The minimum absolute atomic E-state index is 0.0743. The molecule has 1 aliphatic heterocycles. The van der Waals surface area contributed by atoms with Gasteiger partial charge in [-0.3, -0.25) is 0 Å². The Labute approximate surface area is 101 Å². The van der Waals surface area contributed by atoms with E-state index in [2.05, 4.69) is 20.9 Å². The lowest BCUT2D eigenvalue weighted by atomic mass is 10.2. The van der Waals surface area contributed by atoms with Crippen LogP contribution in [0.25, 0.3) is 0 Å². The molecule has 0 bridgehead atoms. The minimum Gasteiger partial charge on any atom is -0.488 e. The van der Waals surface area contributed by atoms with E-state index in [9.17, 15) is 4.79 Å². The van der Waals surface area contributed by atoms with Gasteiger partial charge in [-0.25, -0.2) is 9.78 Å². The highest BCUT2D eigenvalue weighted by molar-refractivity contribution is 9.10. The van der Waals surface area contributed by atoms with Crippen molar-refractivity contribution in [1.29, 1.82) is 0 Å². The molecule has 2 rings (SSSR count). The summed E-state index contributed by atoms with van der Waals surface area (Å²) in [6.07, 6.45) is 2.42. The van der Waals surface area contributed by atoms with Gasteiger partial charge in [0.1, 0.15) is 16.8 Å². The maximum atomic E-state index is 10.9. The van der Waals surface area contributed by atoms with Crippen LogP contribution in [0.2, 0.25) is 0 Å². The number of hydrogen-bond donors (Lipinski definition) is 1. The monoisotopic (exact) mass is 287 g/mol. The van der Waals surface area contributed by atoms with E-state index in [1.165, 1.54) is 12.3 Å². The van der Waals surface area contributed by atoms with Crippen LogP contribution in [0.1, 0.15) is 16.8 Å². The van der Waals surface area contributed by atoms with Crippen LogP contribution in [0.5, 0.6) is 5.75 Å². The van der Waals surface area contributed by atoms with E-state index in [0.717, 1.165) is 13.0 Å². The van der Waals surface area contributed by atoms with Crippen LogP contribution in [0.4, 0.5) is 0 Å². The second-order valence-corrected chi connectivity index (χ2v) is 4.21. The van der Waals surface area contributed by atoms with Crippen molar-refractivity contribution in [2.75, 3.05) is 13.2 Å². The summed E-state index contributed by atoms with van der Waals surface area (Å²) in [6, 6.07) is 1.42. The number of aromatic nitrogens is 1. The summed E-state index contributed by atoms with van der Waals surface area (Å²) in [4.78, 5) is 14.9. The predicted molar refractivity (Wildman–Crippen MR) is 58.7 cm³/mol. The first-order chi connectivity index (χ1) is 7.66. The molecule has 1 aromatic rings. The van der Waals surface area contributed by atoms with E-state index < -0.39 is 5.97 Å². The van der Waals surface area contributed by atoms with E-state index in [4.69, 9.17) is 14.6 Å². The number of pyridine rings is 1. The van der Waals surface area contributed by atoms with E-state index in [1.54, 1.807) is 0 Å². The highest BCUT2D eigenvalue weighted by atomic mass is 79.9. The van der Waals surface area contributed by atoms with Gasteiger partial charge < -0.3 is 14.6 Å². The Kier molecular flexibility index (Phi) is 3.40. The quantitative estimate of drug-likeness (QED) is 0.854. The molecule has 1 unspecified atom stereocenters. The number of carbonyl (C=O) groups is 1. The van der Waals surface area contributed by atoms with Gasteiger partial charge in [0, 0.05) is 13.0 Å². The van der Waals surface area contributed by atoms with Gasteiger partial charge in [0.15, 0.2) is 5.75 Å². The molecule has 1 N–H and O–H groups in total. The molecule has 1 atom stereocenters. The molecule has 1 saturated heterocycles. The highest BCUT2D eigenvalue weighted by Gasteiger charge is 2.20. The smallest absolute Gasteiger partial charge is 0.339 e. The van der Waals surface area contributed by atoms with Gasteiger partial charge in [-0.1, -0.05) is 0 Å². The van der Waals surface area contributed by atoms with Gasteiger partial charge in [-0.15, -0.1) is 0 Å². The Morgan fingerprint density at radius 3 is 3.06 bits per heavy atom. The lowest BCUT2D eigenvalue weighted by Gasteiger charge is -2.26. The second-order valence-electron chi connectivity index (χ2n) is 3.40. The number of nitrogens with zero attached hydrogens (tertiary/aromatic N) is 1. The summed E-state index contributed by atoms with van der Waals surface area (Å²) in [5.74, 6) is -0.765. The van der Waals surface area contributed by atoms with Crippen molar-refractivity contribution >= 4 is 21.9 Å². The van der Waals surface area contributed by atoms with Crippen LogP contribution in [0.3, 0.4) is 0 Å². The lowest BCUT2D eigenvalue weighted by Crippen LogP contribution is -2.32. The summed E-state index contributed by atoms with van der Waals surface area (Å²) in [6.45, 7) is 1.11. The Hall–Kier alpha value is -1.14. The van der Waals surface area contributed by atoms with Crippen molar-refractivity contribution < 1.29 is 19.4 Å². The van der Waals surface area contributed by atoms with E-state index >= 15 is 0 Å². The molecule has 0 amide bonds. The van der Waals surface area contributed by atoms with Crippen molar-refractivity contribution in [2.24, 2.45) is 0 Å². The molecule has 0 spiro atoms. The number of aromatic carboxylic acids is 1. The summed E-state index contributed by atoms with van der Waals surface area (Å²) in [5, 5.41) is 8.97. The third-order valence-electron chi connectivity index (χ3n) is 2.28. The van der Waals surface area contributed by atoms with Crippen LogP contribution in [-0.4, -0.2) is 35.4 Å². The molecule has 1 aromatic heterocycles. The van der Waals surface area contributed by atoms with Gasteiger partial charge in [0.2, 0.25) is 0 Å². The van der Waals surface area contributed by atoms with Crippen molar-refractivity contribution in [1.82, 2.24) is 4.98 Å². The Morgan fingerprint density at radius 2 is 2.50 bits per heavy atom. The van der Waals surface area contributed by atoms with Crippen molar-refractivity contribution in [3.63, 3.8) is 0 Å². The molecule has 0 aliphatic carbocycles. The van der Waals surface area contributed by atoms with Crippen LogP contribution >= 0.6 is 15.9 Å². The Balaban J connectivity index is 2.08. The maximum absolute atomic E-state index is 10.9. The molecule has 86 valence electrons. The highest BCUT2D eigenvalue weighted by Crippen LogP contribution is 2.22. The third-order valence-corrected chi connectivity index (χ3v) is 2.72. The number of hydrogen-bond acceptors (Lipinski definition) is 4. The fourth-order valence-electron chi connectivity index (χ4n) is 1.30. The Bertz CT molecular complexity index is 406. The number of ether oxygens (including phenoxy) is 2. The molecule has 16 heavy (non-hydrogen) atoms. The Morgan fingerprint density at radius 1 is 1.75 bits per heavy atom. The van der Waals surface area contributed by atoms with Gasteiger partial charge in [-0.2, -0.15) is 0 Å². The van der Waals surface area contributed by atoms with Gasteiger partial charge in [0.05, 0.1) is 12.3 Å². The predicted octanol–water partition coefficient (Wildman–Crippen LogP) is 1.71. The molecule has 6 heteroatoms. The average Bonchev–Trinajstić information content (AvgIpc) is 2.17. The first kappa shape index (κ1) is 11.3. The molecule has 1 aliphatic rings. The van der Waals surface area contributed by atoms with Crippen LogP contribution in [0.15, 0.2) is 16.9 Å². The van der Waals surface area contributed by atoms with Crippen LogP contribution in [-0.2, 0) is 4.74 Å². The largest absolute Gasteiger partial charge is 0.488 e. The topological polar surface area (TPSA) is 68.7 Å². The molecular weight excluding hydrogens is 278 g/mol. The van der Waals surface area contributed by atoms with E-state index in [-0.39, 0.29) is 17.4 Å². The normalized spacial score (nSPS) is 18.9.